The van der Waals surface area contributed by atoms with Gasteiger partial charge >= 0.3 is 0 Å². The first kappa shape index (κ1) is 13.2. The largest absolute Gasteiger partial charge is 0.382 e. The van der Waals surface area contributed by atoms with Crippen molar-refractivity contribution in [2.24, 2.45) is 0 Å². The normalized spacial score (nSPS) is 16.3. The Bertz CT molecular complexity index is 431. The molecule has 1 heterocycles. The molecule has 4 nitrogen and oxygen atoms in total. The molecule has 0 bridgehead atoms. The van der Waals surface area contributed by atoms with Crippen molar-refractivity contribution >= 4 is 23.2 Å². The summed E-state index contributed by atoms with van der Waals surface area (Å²) in [5.41, 5.74) is 1.42. The molecule has 0 aromatic heterocycles. The number of amides is 1. The third kappa shape index (κ3) is 3.15. The number of hydrogen-bond donors (Lipinski definition) is 2. The van der Waals surface area contributed by atoms with Crippen LogP contribution in [0, 0.1) is 0 Å². The summed E-state index contributed by atoms with van der Waals surface area (Å²) >= 11 is 6.00. The molecule has 0 aliphatic carbocycles. The average Bonchev–Trinajstić information content (AvgIpc) is 2.41. The predicted octanol–water partition coefficient (Wildman–Crippen LogP) is 2.29. The first-order chi connectivity index (χ1) is 8.70. The summed E-state index contributed by atoms with van der Waals surface area (Å²) in [5.74, 6) is -0.171. The second kappa shape index (κ2) is 6.07. The number of hydrogen-bond acceptors (Lipinski definition) is 3. The molecular formula is C13H17ClN2O2. The first-order valence-electron chi connectivity index (χ1n) is 6.06. The van der Waals surface area contributed by atoms with Crippen molar-refractivity contribution in [3.8, 4) is 0 Å². The Morgan fingerprint density at radius 3 is 2.78 bits per heavy atom. The zero-order chi connectivity index (χ0) is 13.0. The van der Waals surface area contributed by atoms with Gasteiger partial charge in [-0.25, -0.2) is 0 Å². The van der Waals surface area contributed by atoms with Gasteiger partial charge in [0, 0.05) is 32.0 Å². The maximum absolute atomic E-state index is 11.6. The number of nitrogens with one attached hydrogen (secondary N) is 2. The van der Waals surface area contributed by atoms with Gasteiger partial charge in [0.25, 0.3) is 5.91 Å². The Balaban J connectivity index is 2.11. The number of carbonyl (C=O) groups is 1. The van der Waals surface area contributed by atoms with E-state index < -0.39 is 0 Å². The van der Waals surface area contributed by atoms with E-state index in [2.05, 4.69) is 10.6 Å². The first-order valence-corrected chi connectivity index (χ1v) is 6.44. The van der Waals surface area contributed by atoms with Crippen LogP contribution in [0.1, 0.15) is 23.2 Å². The molecule has 0 atom stereocenters. The Morgan fingerprint density at radius 2 is 2.11 bits per heavy atom. The van der Waals surface area contributed by atoms with E-state index in [0.717, 1.165) is 31.7 Å². The number of benzene rings is 1. The standard InChI is InChI=1S/C13H17ClN2O2/c1-15-13(17)11-8-10(2-3-12(11)14)16-9-4-6-18-7-5-9/h2-3,8-9,16H,4-7H2,1H3,(H,15,17). The van der Waals surface area contributed by atoms with Crippen LogP contribution in [0.4, 0.5) is 5.69 Å². The molecule has 1 aromatic carbocycles. The van der Waals surface area contributed by atoms with Gasteiger partial charge in [0.15, 0.2) is 0 Å². The molecule has 18 heavy (non-hydrogen) atoms. The second-order valence-corrected chi connectivity index (χ2v) is 4.71. The van der Waals surface area contributed by atoms with Crippen LogP contribution in [-0.4, -0.2) is 32.2 Å². The lowest BCUT2D eigenvalue weighted by molar-refractivity contribution is 0.0904. The highest BCUT2D eigenvalue weighted by Crippen LogP contribution is 2.22. The summed E-state index contributed by atoms with van der Waals surface area (Å²) in [5, 5.41) is 6.46. The van der Waals surface area contributed by atoms with Gasteiger partial charge < -0.3 is 15.4 Å². The smallest absolute Gasteiger partial charge is 0.252 e. The number of halogens is 1. The number of anilines is 1. The highest BCUT2D eigenvalue weighted by Gasteiger charge is 2.15. The molecule has 0 saturated carbocycles. The van der Waals surface area contributed by atoms with Crippen molar-refractivity contribution < 1.29 is 9.53 Å². The van der Waals surface area contributed by atoms with Crippen LogP contribution in [-0.2, 0) is 4.74 Å². The fraction of sp³-hybridized carbons (Fsp3) is 0.462. The molecule has 0 radical (unpaired) electrons. The monoisotopic (exact) mass is 268 g/mol. The van der Waals surface area contributed by atoms with Gasteiger partial charge in [-0.2, -0.15) is 0 Å². The molecule has 0 unspecified atom stereocenters. The molecule has 1 amide bonds. The minimum Gasteiger partial charge on any atom is -0.382 e. The van der Waals surface area contributed by atoms with Crippen LogP contribution in [0.5, 0.6) is 0 Å². The lowest BCUT2D eigenvalue weighted by atomic mass is 10.1. The van der Waals surface area contributed by atoms with Gasteiger partial charge in [-0.1, -0.05) is 11.6 Å². The van der Waals surface area contributed by atoms with E-state index in [1.165, 1.54) is 0 Å². The highest BCUT2D eigenvalue weighted by molar-refractivity contribution is 6.34. The van der Waals surface area contributed by atoms with E-state index >= 15 is 0 Å². The number of carbonyl (C=O) groups excluding carboxylic acids is 1. The Kier molecular flexibility index (Phi) is 4.44. The summed E-state index contributed by atoms with van der Waals surface area (Å²) < 4.78 is 5.31. The molecule has 98 valence electrons. The average molecular weight is 269 g/mol. The molecule has 1 aliphatic heterocycles. The van der Waals surface area contributed by atoms with Crippen LogP contribution in [0.15, 0.2) is 18.2 Å². The van der Waals surface area contributed by atoms with E-state index in [1.807, 2.05) is 6.07 Å². The molecule has 2 rings (SSSR count). The summed E-state index contributed by atoms with van der Waals surface area (Å²) in [7, 11) is 1.59. The van der Waals surface area contributed by atoms with Crippen molar-refractivity contribution in [2.45, 2.75) is 18.9 Å². The van der Waals surface area contributed by atoms with Crippen molar-refractivity contribution in [3.05, 3.63) is 28.8 Å². The number of ether oxygens (including phenoxy) is 1. The molecule has 1 aromatic rings. The predicted molar refractivity (Wildman–Crippen MR) is 72.3 cm³/mol. The van der Waals surface area contributed by atoms with Crippen molar-refractivity contribution in [1.82, 2.24) is 5.32 Å². The van der Waals surface area contributed by atoms with E-state index in [-0.39, 0.29) is 5.91 Å². The van der Waals surface area contributed by atoms with Crippen molar-refractivity contribution in [2.75, 3.05) is 25.6 Å². The van der Waals surface area contributed by atoms with Crippen LogP contribution in [0.25, 0.3) is 0 Å². The van der Waals surface area contributed by atoms with Crippen LogP contribution in [0.3, 0.4) is 0 Å². The Hall–Kier alpha value is -1.26. The van der Waals surface area contributed by atoms with E-state index in [0.29, 0.717) is 16.6 Å². The van der Waals surface area contributed by atoms with Gasteiger partial charge in [0.1, 0.15) is 0 Å². The molecule has 1 fully saturated rings. The zero-order valence-electron chi connectivity index (χ0n) is 10.3. The quantitative estimate of drug-likeness (QED) is 0.884. The van der Waals surface area contributed by atoms with Crippen molar-refractivity contribution in [1.29, 1.82) is 0 Å². The fourth-order valence-corrected chi connectivity index (χ4v) is 2.20. The highest BCUT2D eigenvalue weighted by atomic mass is 35.5. The van der Waals surface area contributed by atoms with Gasteiger partial charge in [0.2, 0.25) is 0 Å². The van der Waals surface area contributed by atoms with E-state index in [4.69, 9.17) is 16.3 Å². The lowest BCUT2D eigenvalue weighted by Crippen LogP contribution is -2.28. The van der Waals surface area contributed by atoms with Crippen LogP contribution >= 0.6 is 11.6 Å². The summed E-state index contributed by atoms with van der Waals surface area (Å²) in [4.78, 5) is 11.6. The van der Waals surface area contributed by atoms with E-state index in [1.54, 1.807) is 19.2 Å². The molecule has 0 spiro atoms. The fourth-order valence-electron chi connectivity index (χ4n) is 2.00. The summed E-state index contributed by atoms with van der Waals surface area (Å²) in [6, 6.07) is 5.83. The topological polar surface area (TPSA) is 50.4 Å². The molecule has 5 heteroatoms. The summed E-state index contributed by atoms with van der Waals surface area (Å²) in [6.07, 6.45) is 1.97. The third-order valence-corrected chi connectivity index (χ3v) is 3.36. The Labute approximate surface area is 112 Å². The third-order valence-electron chi connectivity index (χ3n) is 3.03. The SMILES string of the molecule is CNC(=O)c1cc(NC2CCOCC2)ccc1Cl. The molecule has 2 N–H and O–H groups in total. The molecular weight excluding hydrogens is 252 g/mol. The minimum absolute atomic E-state index is 0.171. The zero-order valence-corrected chi connectivity index (χ0v) is 11.1. The molecule has 1 saturated heterocycles. The van der Waals surface area contributed by atoms with Gasteiger partial charge in [0.05, 0.1) is 10.6 Å². The van der Waals surface area contributed by atoms with Gasteiger partial charge in [-0.3, -0.25) is 4.79 Å². The second-order valence-electron chi connectivity index (χ2n) is 4.30. The maximum atomic E-state index is 11.6. The van der Waals surface area contributed by atoms with Gasteiger partial charge in [-0.05, 0) is 31.0 Å². The molecule has 1 aliphatic rings. The van der Waals surface area contributed by atoms with Gasteiger partial charge in [-0.15, -0.1) is 0 Å². The minimum atomic E-state index is -0.171. The van der Waals surface area contributed by atoms with Crippen molar-refractivity contribution in [3.63, 3.8) is 0 Å². The Morgan fingerprint density at radius 1 is 1.39 bits per heavy atom. The van der Waals surface area contributed by atoms with E-state index in [9.17, 15) is 4.79 Å². The lowest BCUT2D eigenvalue weighted by Gasteiger charge is -2.24. The van der Waals surface area contributed by atoms with Crippen LogP contribution < -0.4 is 10.6 Å². The van der Waals surface area contributed by atoms with Crippen LogP contribution in [0.2, 0.25) is 5.02 Å². The summed E-state index contributed by atoms with van der Waals surface area (Å²) in [6.45, 7) is 1.57. The number of rotatable bonds is 3. The maximum Gasteiger partial charge on any atom is 0.252 e.